The first-order chi connectivity index (χ1) is 9.00. The SMILES string of the molecule is C1C[N-]CCCNCCCNCCCNC1.CO.Cl.[CH3-].[Ti+2]. The maximum Gasteiger partial charge on any atom is 2.00 e. The zero-order valence-electron chi connectivity index (χ0n) is 13.8. The maximum absolute atomic E-state index is 7.00. The number of hydrogen-bond donors (Lipinski definition) is 4. The Labute approximate surface area is 153 Å². The molecule has 0 amide bonds. The van der Waals surface area contributed by atoms with Gasteiger partial charge in [-0.1, -0.05) is 12.8 Å². The molecule has 0 spiro atoms. The fourth-order valence-electron chi connectivity index (χ4n) is 1.80. The Hall–Kier alpha value is 0.804. The molecule has 1 heterocycles. The summed E-state index contributed by atoms with van der Waals surface area (Å²) >= 11 is 0. The van der Waals surface area contributed by atoms with Crippen molar-refractivity contribution in [3.63, 3.8) is 0 Å². The summed E-state index contributed by atoms with van der Waals surface area (Å²) in [5.74, 6) is 0. The zero-order chi connectivity index (χ0) is 13.3. The molecule has 1 fully saturated rings. The van der Waals surface area contributed by atoms with E-state index in [2.05, 4.69) is 21.3 Å². The smallest absolute Gasteiger partial charge is 0.662 e. The third-order valence-corrected chi connectivity index (χ3v) is 2.75. The van der Waals surface area contributed by atoms with Crippen molar-refractivity contribution < 1.29 is 26.8 Å². The predicted octanol–water partition coefficient (Wildman–Crippen LogP) is 1.18. The van der Waals surface area contributed by atoms with Gasteiger partial charge in [-0.15, -0.1) is 25.5 Å². The van der Waals surface area contributed by atoms with Crippen LogP contribution in [0.25, 0.3) is 5.32 Å². The maximum atomic E-state index is 7.00. The Bertz CT molecular complexity index is 94.9. The van der Waals surface area contributed by atoms with Crippen molar-refractivity contribution in [1.29, 1.82) is 0 Å². The van der Waals surface area contributed by atoms with Crippen molar-refractivity contribution in [2.75, 3.05) is 59.5 Å². The Kier molecular flexibility index (Phi) is 41.0. The predicted molar refractivity (Wildman–Crippen MR) is 92.0 cm³/mol. The second-order valence-electron chi connectivity index (χ2n) is 4.34. The van der Waals surface area contributed by atoms with Crippen LogP contribution in [0.15, 0.2) is 0 Å². The van der Waals surface area contributed by atoms with Gasteiger partial charge in [-0.3, -0.25) is 0 Å². The molecule has 1 saturated heterocycles. The van der Waals surface area contributed by atoms with Crippen LogP contribution in [-0.4, -0.2) is 64.6 Å². The van der Waals surface area contributed by atoms with Gasteiger partial charge in [0.25, 0.3) is 0 Å². The van der Waals surface area contributed by atoms with Crippen molar-refractivity contribution >= 4 is 12.4 Å². The standard InChI is InChI=1S/C12H27N4.CH4O.CH3.ClH.Ti/c1-5-13-7-2-9-15-11-4-12-16-10-3-8-14-6-1;1-2;;;/h13-15H,1-12H2;2H,1H3;1H3;1H;/q-1;;-1;;+2. The third kappa shape index (κ3) is 26.1. The third-order valence-electron chi connectivity index (χ3n) is 2.75. The van der Waals surface area contributed by atoms with E-state index in [9.17, 15) is 0 Å². The minimum absolute atomic E-state index is 0. The van der Waals surface area contributed by atoms with Crippen LogP contribution in [0.5, 0.6) is 0 Å². The van der Waals surface area contributed by atoms with E-state index in [1.807, 2.05) is 0 Å². The van der Waals surface area contributed by atoms with Gasteiger partial charge in [-0.05, 0) is 52.1 Å². The van der Waals surface area contributed by atoms with Gasteiger partial charge in [0.2, 0.25) is 0 Å². The average molecular weight is 359 g/mol. The van der Waals surface area contributed by atoms with Crippen molar-refractivity contribution in [2.24, 2.45) is 0 Å². The van der Waals surface area contributed by atoms with Crippen LogP contribution >= 0.6 is 12.4 Å². The van der Waals surface area contributed by atoms with Crippen LogP contribution in [0, 0.1) is 7.43 Å². The Morgan fingerprint density at radius 1 is 0.667 bits per heavy atom. The number of aliphatic hydroxyl groups excluding tert-OH is 1. The van der Waals surface area contributed by atoms with E-state index in [1.54, 1.807) is 0 Å². The molecule has 0 radical (unpaired) electrons. The fourth-order valence-corrected chi connectivity index (χ4v) is 1.80. The van der Waals surface area contributed by atoms with Crippen LogP contribution < -0.4 is 16.0 Å². The molecule has 0 aromatic carbocycles. The van der Waals surface area contributed by atoms with Crippen LogP contribution in [0.1, 0.15) is 25.7 Å². The summed E-state index contributed by atoms with van der Waals surface area (Å²) in [6.07, 6.45) is 4.82. The van der Waals surface area contributed by atoms with Gasteiger partial charge in [0.1, 0.15) is 0 Å². The number of halogens is 1. The quantitative estimate of drug-likeness (QED) is 0.388. The van der Waals surface area contributed by atoms with Crippen LogP contribution in [-0.2, 0) is 21.7 Å². The number of aliphatic hydroxyl groups is 1. The number of nitrogens with one attached hydrogen (secondary N) is 3. The minimum Gasteiger partial charge on any atom is -0.662 e. The molecule has 21 heavy (non-hydrogen) atoms. The van der Waals surface area contributed by atoms with E-state index in [4.69, 9.17) is 5.11 Å². The number of hydrogen-bond acceptors (Lipinski definition) is 4. The molecular formula is C14H35ClN4OTi. The Morgan fingerprint density at radius 3 is 1.29 bits per heavy atom. The summed E-state index contributed by atoms with van der Waals surface area (Å²) in [4.78, 5) is 0. The first-order valence-electron chi connectivity index (χ1n) is 7.20. The van der Waals surface area contributed by atoms with E-state index in [1.165, 1.54) is 25.7 Å². The molecule has 128 valence electrons. The molecule has 1 aliphatic heterocycles. The molecule has 4 N–H and O–H groups in total. The minimum atomic E-state index is 0. The van der Waals surface area contributed by atoms with E-state index in [0.717, 1.165) is 59.5 Å². The van der Waals surface area contributed by atoms with Gasteiger partial charge in [0.05, 0.1) is 0 Å². The van der Waals surface area contributed by atoms with E-state index >= 15 is 0 Å². The number of rotatable bonds is 0. The molecular weight excluding hydrogens is 324 g/mol. The van der Waals surface area contributed by atoms with Gasteiger partial charge in [-0.25, -0.2) is 0 Å². The Morgan fingerprint density at radius 2 is 0.952 bits per heavy atom. The fraction of sp³-hybridized carbons (Fsp3) is 0.929. The summed E-state index contributed by atoms with van der Waals surface area (Å²) < 4.78 is 0. The zero-order valence-corrected chi connectivity index (χ0v) is 16.2. The molecule has 1 rings (SSSR count). The summed E-state index contributed by atoms with van der Waals surface area (Å²) in [5.41, 5.74) is 0. The molecule has 0 bridgehead atoms. The van der Waals surface area contributed by atoms with Gasteiger partial charge >= 0.3 is 21.7 Å². The van der Waals surface area contributed by atoms with Crippen LogP contribution in [0.4, 0.5) is 0 Å². The summed E-state index contributed by atoms with van der Waals surface area (Å²) in [5, 5.41) is 21.9. The molecule has 5 nitrogen and oxygen atoms in total. The van der Waals surface area contributed by atoms with Crippen molar-refractivity contribution in [2.45, 2.75) is 25.7 Å². The van der Waals surface area contributed by atoms with E-state index in [0.29, 0.717) is 0 Å². The monoisotopic (exact) mass is 358 g/mol. The van der Waals surface area contributed by atoms with Crippen molar-refractivity contribution in [1.82, 2.24) is 16.0 Å². The van der Waals surface area contributed by atoms with Gasteiger partial charge in [0.15, 0.2) is 0 Å². The molecule has 0 aliphatic carbocycles. The topological polar surface area (TPSA) is 70.4 Å². The average Bonchev–Trinajstić information content (AvgIpc) is 2.41. The summed E-state index contributed by atoms with van der Waals surface area (Å²) in [6.45, 7) is 8.80. The van der Waals surface area contributed by atoms with E-state index in [-0.39, 0.29) is 41.6 Å². The molecule has 0 saturated carbocycles. The van der Waals surface area contributed by atoms with Crippen molar-refractivity contribution in [3.05, 3.63) is 12.7 Å². The molecule has 0 atom stereocenters. The summed E-state index contributed by atoms with van der Waals surface area (Å²) in [7, 11) is 1.00. The summed E-state index contributed by atoms with van der Waals surface area (Å²) in [6, 6.07) is 0. The second kappa shape index (κ2) is 28.9. The first-order valence-corrected chi connectivity index (χ1v) is 7.20. The second-order valence-corrected chi connectivity index (χ2v) is 4.34. The first kappa shape index (κ1) is 29.8. The Balaban J connectivity index is -0.000000276. The van der Waals surface area contributed by atoms with Crippen LogP contribution in [0.2, 0.25) is 0 Å². The van der Waals surface area contributed by atoms with Gasteiger partial charge < -0.3 is 33.8 Å². The van der Waals surface area contributed by atoms with Gasteiger partial charge in [0, 0.05) is 7.11 Å². The molecule has 7 heteroatoms. The van der Waals surface area contributed by atoms with E-state index < -0.39 is 0 Å². The normalized spacial score (nSPS) is 18.6. The molecule has 0 unspecified atom stereocenters. The van der Waals surface area contributed by atoms with Crippen LogP contribution in [0.3, 0.4) is 0 Å². The molecule has 0 aromatic rings. The molecule has 1 aliphatic rings. The number of nitrogens with zero attached hydrogens (tertiary/aromatic N) is 1. The van der Waals surface area contributed by atoms with Crippen molar-refractivity contribution in [3.8, 4) is 0 Å². The largest absolute Gasteiger partial charge is 2.00 e. The molecule has 0 aromatic heterocycles. The van der Waals surface area contributed by atoms with Gasteiger partial charge in [-0.2, -0.15) is 0 Å².